The van der Waals surface area contributed by atoms with Gasteiger partial charge in [-0.3, -0.25) is 30.6 Å². The third kappa shape index (κ3) is 6.56. The number of carbonyl (C=O) groups excluding carboxylic acids is 3. The van der Waals surface area contributed by atoms with Crippen molar-refractivity contribution in [2.75, 3.05) is 11.9 Å². The maximum Gasteiger partial charge on any atom is 0.269 e. The molecule has 3 rings (SSSR count). The number of amides is 3. The van der Waals surface area contributed by atoms with Crippen LogP contribution >= 0.6 is 12.2 Å². The third-order valence-electron chi connectivity index (χ3n) is 4.26. The lowest BCUT2D eigenvalue weighted by atomic mass is 10.2. The molecule has 1 fully saturated rings. The summed E-state index contributed by atoms with van der Waals surface area (Å²) in [5.41, 5.74) is 6.88. The Morgan fingerprint density at radius 2 is 1.80 bits per heavy atom. The Bertz CT molecular complexity index is 958. The summed E-state index contributed by atoms with van der Waals surface area (Å²) in [4.78, 5) is 35.8. The number of hydrogen-bond acceptors (Lipinski definition) is 5. The van der Waals surface area contributed by atoms with Gasteiger partial charge < -0.3 is 10.1 Å². The molecule has 0 aliphatic heterocycles. The quantitative estimate of drug-likeness (QED) is 0.416. The van der Waals surface area contributed by atoms with E-state index < -0.39 is 11.8 Å². The Morgan fingerprint density at radius 3 is 2.47 bits per heavy atom. The maximum absolute atomic E-state index is 12.2. The molecular weight excluding hydrogens is 404 g/mol. The van der Waals surface area contributed by atoms with Crippen molar-refractivity contribution in [3.05, 3.63) is 59.7 Å². The molecule has 1 aliphatic rings. The smallest absolute Gasteiger partial charge is 0.269 e. The van der Waals surface area contributed by atoms with Gasteiger partial charge in [0.15, 0.2) is 11.7 Å². The first-order valence-corrected chi connectivity index (χ1v) is 9.82. The number of thiocarbonyl (C=S) groups is 1. The van der Waals surface area contributed by atoms with Crippen molar-refractivity contribution < 1.29 is 19.1 Å². The molecule has 0 aromatic heterocycles. The van der Waals surface area contributed by atoms with Crippen LogP contribution in [0.4, 0.5) is 5.69 Å². The molecule has 1 saturated carbocycles. The van der Waals surface area contributed by atoms with Crippen LogP contribution in [0, 0.1) is 12.8 Å². The maximum atomic E-state index is 12.2. The van der Waals surface area contributed by atoms with Crippen molar-refractivity contribution in [1.82, 2.24) is 16.2 Å². The molecule has 0 saturated heterocycles. The van der Waals surface area contributed by atoms with E-state index in [-0.39, 0.29) is 23.5 Å². The summed E-state index contributed by atoms with van der Waals surface area (Å²) in [5, 5.41) is 5.15. The minimum absolute atomic E-state index is 0.00124. The van der Waals surface area contributed by atoms with Crippen molar-refractivity contribution >= 4 is 40.7 Å². The molecule has 4 N–H and O–H groups in total. The van der Waals surface area contributed by atoms with Gasteiger partial charge in [0, 0.05) is 17.2 Å². The first-order valence-electron chi connectivity index (χ1n) is 9.41. The van der Waals surface area contributed by atoms with Gasteiger partial charge in [-0.25, -0.2) is 0 Å². The van der Waals surface area contributed by atoms with Gasteiger partial charge in [-0.15, -0.1) is 0 Å². The topological polar surface area (TPSA) is 109 Å². The molecule has 156 valence electrons. The fourth-order valence-electron chi connectivity index (χ4n) is 2.53. The summed E-state index contributed by atoms with van der Waals surface area (Å²) >= 11 is 4.99. The largest absolute Gasteiger partial charge is 0.484 e. The van der Waals surface area contributed by atoms with Crippen LogP contribution in [0.3, 0.4) is 0 Å². The van der Waals surface area contributed by atoms with Crippen molar-refractivity contribution in [2.24, 2.45) is 5.92 Å². The zero-order chi connectivity index (χ0) is 21.5. The first kappa shape index (κ1) is 21.3. The van der Waals surface area contributed by atoms with Crippen molar-refractivity contribution in [3.8, 4) is 5.75 Å². The van der Waals surface area contributed by atoms with E-state index in [0.29, 0.717) is 17.0 Å². The number of ether oxygens (including phenoxy) is 1. The first-order chi connectivity index (χ1) is 14.4. The van der Waals surface area contributed by atoms with Gasteiger partial charge in [-0.1, -0.05) is 12.1 Å². The molecule has 3 amide bonds. The van der Waals surface area contributed by atoms with Crippen LogP contribution in [0.5, 0.6) is 5.75 Å². The standard InChI is InChI=1S/C21H22N4O4S/c1-13-3-2-4-17(11-13)29-12-18(26)23-21(30)25-24-20(28)15-7-9-16(10-8-15)22-19(27)14-5-6-14/h2-4,7-11,14H,5-6,12H2,1H3,(H,22,27)(H,24,28)(H2,23,25,26,30). The number of carbonyl (C=O) groups is 3. The molecule has 9 heteroatoms. The lowest BCUT2D eigenvalue weighted by Crippen LogP contribution is -2.49. The number of hydrogen-bond donors (Lipinski definition) is 4. The number of rotatable bonds is 6. The average molecular weight is 426 g/mol. The summed E-state index contributed by atoms with van der Waals surface area (Å²) in [6, 6.07) is 13.8. The summed E-state index contributed by atoms with van der Waals surface area (Å²) in [6.45, 7) is 1.71. The number of anilines is 1. The molecular formula is C21H22N4O4S. The third-order valence-corrected chi connectivity index (χ3v) is 4.47. The fourth-order valence-corrected chi connectivity index (χ4v) is 2.69. The van der Waals surface area contributed by atoms with Crippen LogP contribution in [0.2, 0.25) is 0 Å². The number of benzene rings is 2. The van der Waals surface area contributed by atoms with Crippen LogP contribution in [-0.2, 0) is 9.59 Å². The van der Waals surface area contributed by atoms with Gasteiger partial charge in [-0.05, 0) is 73.9 Å². The Labute approximate surface area is 179 Å². The van der Waals surface area contributed by atoms with Crippen LogP contribution in [0.1, 0.15) is 28.8 Å². The Morgan fingerprint density at radius 1 is 1.07 bits per heavy atom. The minimum Gasteiger partial charge on any atom is -0.484 e. The van der Waals surface area contributed by atoms with E-state index in [1.807, 2.05) is 25.1 Å². The fraction of sp³-hybridized carbons (Fsp3) is 0.238. The molecule has 0 atom stereocenters. The molecule has 2 aromatic rings. The SMILES string of the molecule is Cc1cccc(OCC(=O)NC(=S)NNC(=O)c2ccc(NC(=O)C3CC3)cc2)c1. The highest BCUT2D eigenvalue weighted by Crippen LogP contribution is 2.30. The molecule has 0 unspecified atom stereocenters. The van der Waals surface area contributed by atoms with Gasteiger partial charge in [0.1, 0.15) is 5.75 Å². The highest BCUT2D eigenvalue weighted by atomic mass is 32.1. The average Bonchev–Trinajstić information content (AvgIpc) is 3.57. The summed E-state index contributed by atoms with van der Waals surface area (Å²) in [6.07, 6.45) is 1.85. The van der Waals surface area contributed by atoms with E-state index in [9.17, 15) is 14.4 Å². The lowest BCUT2D eigenvalue weighted by molar-refractivity contribution is -0.121. The highest BCUT2D eigenvalue weighted by molar-refractivity contribution is 7.80. The second kappa shape index (κ2) is 9.84. The summed E-state index contributed by atoms with van der Waals surface area (Å²) < 4.78 is 5.38. The zero-order valence-corrected chi connectivity index (χ0v) is 17.2. The predicted molar refractivity (Wildman–Crippen MR) is 116 cm³/mol. The second-order valence-electron chi connectivity index (χ2n) is 6.90. The molecule has 0 heterocycles. The van der Waals surface area contributed by atoms with E-state index in [1.54, 1.807) is 30.3 Å². The minimum atomic E-state index is -0.459. The van der Waals surface area contributed by atoms with E-state index in [4.69, 9.17) is 17.0 Å². The van der Waals surface area contributed by atoms with Crippen LogP contribution in [0.25, 0.3) is 0 Å². The zero-order valence-electron chi connectivity index (χ0n) is 16.4. The highest BCUT2D eigenvalue weighted by Gasteiger charge is 2.29. The van der Waals surface area contributed by atoms with Crippen LogP contribution in [-0.4, -0.2) is 29.4 Å². The van der Waals surface area contributed by atoms with Crippen molar-refractivity contribution in [1.29, 1.82) is 0 Å². The summed E-state index contributed by atoms with van der Waals surface area (Å²) in [5.74, 6) is -0.215. The Balaban J connectivity index is 1.38. The number of hydrazine groups is 1. The van der Waals surface area contributed by atoms with E-state index in [1.165, 1.54) is 0 Å². The normalized spacial score (nSPS) is 12.4. The van der Waals surface area contributed by atoms with Crippen molar-refractivity contribution in [2.45, 2.75) is 19.8 Å². The molecule has 0 spiro atoms. The molecule has 0 radical (unpaired) electrons. The summed E-state index contributed by atoms with van der Waals surface area (Å²) in [7, 11) is 0. The van der Waals surface area contributed by atoms with Crippen molar-refractivity contribution in [3.63, 3.8) is 0 Å². The van der Waals surface area contributed by atoms with Gasteiger partial charge in [0.25, 0.3) is 11.8 Å². The predicted octanol–water partition coefficient (Wildman–Crippen LogP) is 2.06. The number of aryl methyl sites for hydroxylation is 1. The molecule has 30 heavy (non-hydrogen) atoms. The van der Waals surface area contributed by atoms with Gasteiger partial charge >= 0.3 is 0 Å². The second-order valence-corrected chi connectivity index (χ2v) is 7.31. The van der Waals surface area contributed by atoms with Crippen LogP contribution in [0.15, 0.2) is 48.5 Å². The van der Waals surface area contributed by atoms with E-state index in [2.05, 4.69) is 21.5 Å². The van der Waals surface area contributed by atoms with Gasteiger partial charge in [-0.2, -0.15) is 0 Å². The van der Waals surface area contributed by atoms with Gasteiger partial charge in [0.2, 0.25) is 5.91 Å². The molecule has 1 aliphatic carbocycles. The lowest BCUT2D eigenvalue weighted by Gasteiger charge is -2.12. The molecule has 0 bridgehead atoms. The number of nitrogens with one attached hydrogen (secondary N) is 4. The molecule has 8 nitrogen and oxygen atoms in total. The van der Waals surface area contributed by atoms with Crippen LogP contribution < -0.4 is 26.2 Å². The monoisotopic (exact) mass is 426 g/mol. The molecule has 2 aromatic carbocycles. The Kier molecular flexibility index (Phi) is 6.97. The Hall–Kier alpha value is -3.46. The van der Waals surface area contributed by atoms with Gasteiger partial charge in [0.05, 0.1) is 0 Å². The van der Waals surface area contributed by atoms with E-state index in [0.717, 1.165) is 18.4 Å². The van der Waals surface area contributed by atoms with E-state index >= 15 is 0 Å².